The number of carbonyl (C=O) groups excluding carboxylic acids is 1. The molecule has 116 valence electrons. The first kappa shape index (κ1) is 18.1. The van der Waals surface area contributed by atoms with Crippen molar-refractivity contribution in [1.29, 1.82) is 5.41 Å². The molecule has 0 aromatic rings. The van der Waals surface area contributed by atoms with Crippen LogP contribution in [0.4, 0.5) is 0 Å². The molecule has 1 unspecified atom stereocenters. The van der Waals surface area contributed by atoms with Gasteiger partial charge >= 0.3 is 5.97 Å². The second kappa shape index (κ2) is 9.10. The van der Waals surface area contributed by atoms with Crippen molar-refractivity contribution in [1.82, 2.24) is 10.6 Å². The van der Waals surface area contributed by atoms with Gasteiger partial charge in [0.2, 0.25) is 5.91 Å². The van der Waals surface area contributed by atoms with Crippen molar-refractivity contribution < 1.29 is 19.8 Å². The van der Waals surface area contributed by atoms with E-state index in [-0.39, 0.29) is 18.8 Å². The predicted molar refractivity (Wildman–Crippen MR) is 73.0 cm³/mol. The lowest BCUT2D eigenvalue weighted by Crippen LogP contribution is -2.49. The topological polar surface area (TPSA) is 175 Å². The number of amides is 1. The Morgan fingerprint density at radius 3 is 2.45 bits per heavy atom. The van der Waals surface area contributed by atoms with Crippen LogP contribution in [0, 0.1) is 5.41 Å². The van der Waals surface area contributed by atoms with E-state index in [1.54, 1.807) is 0 Å². The summed E-state index contributed by atoms with van der Waals surface area (Å²) >= 11 is 0. The molecule has 9 nitrogen and oxygen atoms in total. The van der Waals surface area contributed by atoms with Gasteiger partial charge in [-0.3, -0.25) is 10.2 Å². The van der Waals surface area contributed by atoms with Crippen LogP contribution in [0.2, 0.25) is 0 Å². The SMILES string of the molecule is CC(O)C[C@H](N)C(=O)N[C@@H](CCCNC(=N)N)C(=O)O. The molecule has 20 heavy (non-hydrogen) atoms. The Morgan fingerprint density at radius 2 is 2.00 bits per heavy atom. The average molecular weight is 289 g/mol. The van der Waals surface area contributed by atoms with E-state index in [4.69, 9.17) is 27.1 Å². The Morgan fingerprint density at radius 1 is 1.40 bits per heavy atom. The van der Waals surface area contributed by atoms with Gasteiger partial charge in [0.25, 0.3) is 0 Å². The molecule has 0 rings (SSSR count). The summed E-state index contributed by atoms with van der Waals surface area (Å²) in [6.45, 7) is 1.84. The molecule has 0 saturated carbocycles. The molecule has 0 saturated heterocycles. The molecule has 0 heterocycles. The molecule has 0 fully saturated rings. The van der Waals surface area contributed by atoms with Gasteiger partial charge in [-0.2, -0.15) is 0 Å². The fourth-order valence-electron chi connectivity index (χ4n) is 1.54. The minimum Gasteiger partial charge on any atom is -0.480 e. The lowest BCUT2D eigenvalue weighted by Gasteiger charge is -2.18. The van der Waals surface area contributed by atoms with E-state index < -0.39 is 30.1 Å². The van der Waals surface area contributed by atoms with Gasteiger partial charge in [-0.1, -0.05) is 0 Å². The zero-order chi connectivity index (χ0) is 15.7. The Labute approximate surface area is 117 Å². The molecule has 9 N–H and O–H groups in total. The van der Waals surface area contributed by atoms with Crippen molar-refractivity contribution in [2.75, 3.05) is 6.54 Å². The fraction of sp³-hybridized carbons (Fsp3) is 0.727. The Balaban J connectivity index is 4.22. The minimum absolute atomic E-state index is 0.0596. The molecule has 0 aliphatic heterocycles. The number of rotatable bonds is 9. The van der Waals surface area contributed by atoms with E-state index >= 15 is 0 Å². The lowest BCUT2D eigenvalue weighted by molar-refractivity contribution is -0.142. The molecule has 3 atom stereocenters. The number of nitrogens with one attached hydrogen (secondary N) is 3. The van der Waals surface area contributed by atoms with E-state index in [1.807, 2.05) is 0 Å². The maximum absolute atomic E-state index is 11.7. The van der Waals surface area contributed by atoms with Gasteiger partial charge in [-0.25, -0.2) is 4.79 Å². The van der Waals surface area contributed by atoms with Crippen LogP contribution < -0.4 is 22.1 Å². The van der Waals surface area contributed by atoms with E-state index in [9.17, 15) is 9.59 Å². The summed E-state index contributed by atoms with van der Waals surface area (Å²) in [5, 5.41) is 29.9. The second-order valence-corrected chi connectivity index (χ2v) is 4.57. The third-order valence-corrected chi connectivity index (χ3v) is 2.53. The summed E-state index contributed by atoms with van der Waals surface area (Å²) in [4.78, 5) is 22.7. The molecule has 0 aromatic carbocycles. The van der Waals surface area contributed by atoms with Crippen LogP contribution in [0.25, 0.3) is 0 Å². The van der Waals surface area contributed by atoms with Crippen LogP contribution in [-0.2, 0) is 9.59 Å². The van der Waals surface area contributed by atoms with Gasteiger partial charge in [0.1, 0.15) is 6.04 Å². The molecule has 1 amide bonds. The van der Waals surface area contributed by atoms with E-state index in [0.717, 1.165) is 0 Å². The first-order chi connectivity index (χ1) is 9.23. The quantitative estimate of drug-likeness (QED) is 0.145. The highest BCUT2D eigenvalue weighted by molar-refractivity contribution is 5.86. The zero-order valence-corrected chi connectivity index (χ0v) is 11.4. The lowest BCUT2D eigenvalue weighted by atomic mass is 10.1. The number of hydrogen-bond acceptors (Lipinski definition) is 5. The normalized spacial score (nSPS) is 14.9. The number of carbonyl (C=O) groups is 2. The average Bonchev–Trinajstić information content (AvgIpc) is 2.31. The van der Waals surface area contributed by atoms with Gasteiger partial charge in [0.15, 0.2) is 5.96 Å². The first-order valence-corrected chi connectivity index (χ1v) is 6.28. The molecule has 0 aliphatic rings. The van der Waals surface area contributed by atoms with Crippen LogP contribution in [0.15, 0.2) is 0 Å². The highest BCUT2D eigenvalue weighted by Crippen LogP contribution is 2.00. The summed E-state index contributed by atoms with van der Waals surface area (Å²) in [6.07, 6.45) is -0.0752. The number of aliphatic carboxylic acids is 1. The Hall–Kier alpha value is -1.87. The van der Waals surface area contributed by atoms with E-state index in [1.165, 1.54) is 6.92 Å². The van der Waals surface area contributed by atoms with Crippen LogP contribution in [0.1, 0.15) is 26.2 Å². The van der Waals surface area contributed by atoms with Crippen molar-refractivity contribution in [3.8, 4) is 0 Å². The van der Waals surface area contributed by atoms with Crippen molar-refractivity contribution in [3.05, 3.63) is 0 Å². The molecule has 0 radical (unpaired) electrons. The van der Waals surface area contributed by atoms with Crippen molar-refractivity contribution >= 4 is 17.8 Å². The zero-order valence-electron chi connectivity index (χ0n) is 11.4. The summed E-state index contributed by atoms with van der Waals surface area (Å²) in [5.74, 6) is -1.97. The Bertz CT molecular complexity index is 348. The smallest absolute Gasteiger partial charge is 0.326 e. The fourth-order valence-corrected chi connectivity index (χ4v) is 1.54. The van der Waals surface area contributed by atoms with E-state index in [0.29, 0.717) is 13.0 Å². The van der Waals surface area contributed by atoms with Gasteiger partial charge < -0.3 is 32.3 Å². The predicted octanol–water partition coefficient (Wildman–Crippen LogP) is -2.08. The van der Waals surface area contributed by atoms with Crippen molar-refractivity contribution in [2.24, 2.45) is 11.5 Å². The number of nitrogens with two attached hydrogens (primary N) is 2. The maximum atomic E-state index is 11.7. The number of carboxylic acid groups (broad SMARTS) is 1. The molecule has 0 spiro atoms. The summed E-state index contributed by atoms with van der Waals surface area (Å²) in [6, 6.07) is -2.01. The molecule has 0 aromatic heterocycles. The van der Waals surface area contributed by atoms with Crippen molar-refractivity contribution in [3.63, 3.8) is 0 Å². The van der Waals surface area contributed by atoms with E-state index in [2.05, 4.69) is 10.6 Å². The largest absolute Gasteiger partial charge is 0.480 e. The minimum atomic E-state index is -1.16. The van der Waals surface area contributed by atoms with Gasteiger partial charge in [0.05, 0.1) is 12.1 Å². The monoisotopic (exact) mass is 289 g/mol. The molecule has 9 heteroatoms. The summed E-state index contributed by atoms with van der Waals surface area (Å²) < 4.78 is 0. The number of hydrogen-bond donors (Lipinski definition) is 7. The van der Waals surface area contributed by atoms with Gasteiger partial charge in [-0.05, 0) is 26.2 Å². The van der Waals surface area contributed by atoms with Crippen LogP contribution >= 0.6 is 0 Å². The van der Waals surface area contributed by atoms with Crippen LogP contribution in [0.3, 0.4) is 0 Å². The van der Waals surface area contributed by atoms with Crippen molar-refractivity contribution in [2.45, 2.75) is 44.4 Å². The maximum Gasteiger partial charge on any atom is 0.326 e. The number of aliphatic hydroxyl groups is 1. The highest BCUT2D eigenvalue weighted by Gasteiger charge is 2.23. The molecule has 0 aliphatic carbocycles. The number of guanidine groups is 1. The number of carboxylic acids is 1. The van der Waals surface area contributed by atoms with Crippen LogP contribution in [0.5, 0.6) is 0 Å². The highest BCUT2D eigenvalue weighted by atomic mass is 16.4. The molecular weight excluding hydrogens is 266 g/mol. The second-order valence-electron chi connectivity index (χ2n) is 4.57. The standard InChI is InChI=1S/C11H23N5O4/c1-6(17)5-7(12)9(18)16-8(10(19)20)3-2-4-15-11(13)14/h6-8,17H,2-5,12H2,1H3,(H,16,18)(H,19,20)(H4,13,14,15)/t6?,7-,8-/m0/s1. The van der Waals surface area contributed by atoms with Crippen LogP contribution in [-0.4, -0.2) is 52.8 Å². The number of aliphatic hydroxyl groups excluding tert-OH is 1. The van der Waals surface area contributed by atoms with Gasteiger partial charge in [0, 0.05) is 6.54 Å². The molecule has 0 bridgehead atoms. The summed E-state index contributed by atoms with van der Waals surface area (Å²) in [7, 11) is 0. The Kier molecular flexibility index (Phi) is 8.25. The molecular formula is C11H23N5O4. The summed E-state index contributed by atoms with van der Waals surface area (Å²) in [5.41, 5.74) is 10.6. The first-order valence-electron chi connectivity index (χ1n) is 6.28. The third-order valence-electron chi connectivity index (χ3n) is 2.53. The third kappa shape index (κ3) is 8.27. The van der Waals surface area contributed by atoms with Gasteiger partial charge in [-0.15, -0.1) is 0 Å².